The zero-order valence-corrected chi connectivity index (χ0v) is 11.8. The summed E-state index contributed by atoms with van der Waals surface area (Å²) in [5.74, 6) is 1.00. The van der Waals surface area contributed by atoms with Crippen LogP contribution in [0.25, 0.3) is 5.76 Å². The van der Waals surface area contributed by atoms with Gasteiger partial charge in [0.2, 0.25) is 0 Å². The number of hydrogen-bond acceptors (Lipinski definition) is 1. The summed E-state index contributed by atoms with van der Waals surface area (Å²) >= 11 is 0. The van der Waals surface area contributed by atoms with Gasteiger partial charge in [-0.2, -0.15) is 0 Å². The van der Waals surface area contributed by atoms with Crippen molar-refractivity contribution in [1.82, 2.24) is 0 Å². The monoisotopic (exact) mass is 246 g/mol. The Balaban J connectivity index is 2.27. The van der Waals surface area contributed by atoms with Crippen molar-refractivity contribution in [2.75, 3.05) is 7.11 Å². The molecule has 0 saturated carbocycles. The SMILES string of the molecule is CCCCCCCC/C=C(\OC)c1ccccc1. The molecule has 0 fully saturated rings. The Hall–Kier alpha value is -1.24. The highest BCUT2D eigenvalue weighted by molar-refractivity contribution is 5.59. The topological polar surface area (TPSA) is 9.23 Å². The molecule has 0 unspecified atom stereocenters. The summed E-state index contributed by atoms with van der Waals surface area (Å²) in [6.07, 6.45) is 11.4. The van der Waals surface area contributed by atoms with Crippen LogP contribution >= 0.6 is 0 Å². The van der Waals surface area contributed by atoms with E-state index in [1.807, 2.05) is 18.2 Å². The molecule has 0 aromatic heterocycles. The molecule has 0 saturated heterocycles. The summed E-state index contributed by atoms with van der Waals surface area (Å²) in [5, 5.41) is 0. The number of rotatable bonds is 9. The van der Waals surface area contributed by atoms with Gasteiger partial charge in [0, 0.05) is 5.56 Å². The molecule has 0 spiro atoms. The number of unbranched alkanes of at least 4 members (excludes halogenated alkanes) is 6. The van der Waals surface area contributed by atoms with Gasteiger partial charge in [-0.25, -0.2) is 0 Å². The predicted octanol–water partition coefficient (Wildman–Crippen LogP) is 5.42. The van der Waals surface area contributed by atoms with E-state index in [4.69, 9.17) is 4.74 Å². The molecule has 1 aromatic rings. The van der Waals surface area contributed by atoms with Crippen LogP contribution in [0.4, 0.5) is 0 Å². The van der Waals surface area contributed by atoms with Crippen LogP contribution in [0, 0.1) is 0 Å². The summed E-state index contributed by atoms with van der Waals surface area (Å²) in [5.41, 5.74) is 1.17. The number of allylic oxidation sites excluding steroid dienone is 1. The van der Waals surface area contributed by atoms with E-state index in [9.17, 15) is 0 Å². The normalized spacial score (nSPS) is 11.6. The van der Waals surface area contributed by atoms with Gasteiger partial charge in [-0.3, -0.25) is 0 Å². The smallest absolute Gasteiger partial charge is 0.122 e. The van der Waals surface area contributed by atoms with Crippen molar-refractivity contribution >= 4 is 5.76 Å². The van der Waals surface area contributed by atoms with Gasteiger partial charge in [0.05, 0.1) is 7.11 Å². The molecule has 0 aliphatic carbocycles. The lowest BCUT2D eigenvalue weighted by molar-refractivity contribution is 0.368. The zero-order chi connectivity index (χ0) is 13.1. The Morgan fingerprint density at radius 1 is 1.00 bits per heavy atom. The van der Waals surface area contributed by atoms with Gasteiger partial charge in [-0.1, -0.05) is 69.4 Å². The number of ether oxygens (including phenoxy) is 1. The van der Waals surface area contributed by atoms with Crippen molar-refractivity contribution in [1.29, 1.82) is 0 Å². The highest BCUT2D eigenvalue weighted by Gasteiger charge is 1.99. The Kier molecular flexibility index (Phi) is 8.03. The second kappa shape index (κ2) is 9.76. The van der Waals surface area contributed by atoms with Crippen LogP contribution in [-0.4, -0.2) is 7.11 Å². The Morgan fingerprint density at radius 2 is 1.67 bits per heavy atom. The number of methoxy groups -OCH3 is 1. The molecule has 0 atom stereocenters. The summed E-state index contributed by atoms with van der Waals surface area (Å²) in [6.45, 7) is 2.26. The first-order valence-corrected chi connectivity index (χ1v) is 7.18. The first kappa shape index (κ1) is 14.8. The Bertz CT molecular complexity index is 327. The van der Waals surface area contributed by atoms with E-state index in [-0.39, 0.29) is 0 Å². The van der Waals surface area contributed by atoms with Crippen LogP contribution in [0.1, 0.15) is 57.4 Å². The molecule has 0 amide bonds. The molecule has 0 aliphatic rings. The van der Waals surface area contributed by atoms with Crippen LogP contribution in [0.3, 0.4) is 0 Å². The predicted molar refractivity (Wildman–Crippen MR) is 79.4 cm³/mol. The maximum atomic E-state index is 5.44. The fourth-order valence-electron chi connectivity index (χ4n) is 2.08. The fraction of sp³-hybridized carbons (Fsp3) is 0.529. The standard InChI is InChI=1S/C17H26O/c1-3-4-5-6-7-8-12-15-17(18-2)16-13-10-9-11-14-16/h9-11,13-15H,3-8,12H2,1-2H3/b17-15-. The third-order valence-corrected chi connectivity index (χ3v) is 3.17. The average molecular weight is 246 g/mol. The van der Waals surface area contributed by atoms with E-state index in [1.54, 1.807) is 7.11 Å². The summed E-state index contributed by atoms with van der Waals surface area (Å²) in [4.78, 5) is 0. The van der Waals surface area contributed by atoms with Gasteiger partial charge in [0.25, 0.3) is 0 Å². The molecular weight excluding hydrogens is 220 g/mol. The van der Waals surface area contributed by atoms with E-state index in [1.165, 1.54) is 44.1 Å². The van der Waals surface area contributed by atoms with Crippen LogP contribution < -0.4 is 0 Å². The molecule has 0 bridgehead atoms. The summed E-state index contributed by atoms with van der Waals surface area (Å²) < 4.78 is 5.44. The van der Waals surface area contributed by atoms with E-state index < -0.39 is 0 Å². The second-order valence-corrected chi connectivity index (χ2v) is 4.69. The van der Waals surface area contributed by atoms with Crippen molar-refractivity contribution in [3.8, 4) is 0 Å². The third-order valence-electron chi connectivity index (χ3n) is 3.17. The van der Waals surface area contributed by atoms with Crippen molar-refractivity contribution in [3.05, 3.63) is 42.0 Å². The van der Waals surface area contributed by atoms with Crippen molar-refractivity contribution in [2.45, 2.75) is 51.9 Å². The van der Waals surface area contributed by atoms with Crippen molar-refractivity contribution in [3.63, 3.8) is 0 Å². The fourth-order valence-corrected chi connectivity index (χ4v) is 2.08. The van der Waals surface area contributed by atoms with E-state index in [0.717, 1.165) is 12.2 Å². The highest BCUT2D eigenvalue weighted by Crippen LogP contribution is 2.16. The maximum absolute atomic E-state index is 5.44. The Morgan fingerprint density at radius 3 is 2.33 bits per heavy atom. The molecule has 1 heteroatoms. The van der Waals surface area contributed by atoms with E-state index in [2.05, 4.69) is 25.1 Å². The van der Waals surface area contributed by atoms with Crippen LogP contribution in [0.2, 0.25) is 0 Å². The molecule has 0 radical (unpaired) electrons. The molecule has 0 heterocycles. The third kappa shape index (κ3) is 5.90. The van der Waals surface area contributed by atoms with E-state index in [0.29, 0.717) is 0 Å². The number of benzene rings is 1. The Labute approximate surface area is 112 Å². The number of hydrogen-bond donors (Lipinski definition) is 0. The molecule has 18 heavy (non-hydrogen) atoms. The molecule has 1 aromatic carbocycles. The average Bonchev–Trinajstić information content (AvgIpc) is 2.43. The van der Waals surface area contributed by atoms with Gasteiger partial charge in [-0.05, 0) is 18.9 Å². The maximum Gasteiger partial charge on any atom is 0.122 e. The quantitative estimate of drug-likeness (QED) is 0.417. The van der Waals surface area contributed by atoms with Gasteiger partial charge in [0.1, 0.15) is 5.76 Å². The lowest BCUT2D eigenvalue weighted by Crippen LogP contribution is -1.87. The lowest BCUT2D eigenvalue weighted by atomic mass is 10.1. The highest BCUT2D eigenvalue weighted by atomic mass is 16.5. The first-order valence-electron chi connectivity index (χ1n) is 7.18. The summed E-state index contributed by atoms with van der Waals surface area (Å²) in [6, 6.07) is 10.3. The van der Waals surface area contributed by atoms with Crippen molar-refractivity contribution in [2.24, 2.45) is 0 Å². The van der Waals surface area contributed by atoms with Crippen molar-refractivity contribution < 1.29 is 4.74 Å². The van der Waals surface area contributed by atoms with Crippen LogP contribution in [0.15, 0.2) is 36.4 Å². The van der Waals surface area contributed by atoms with E-state index >= 15 is 0 Å². The molecule has 0 aliphatic heterocycles. The van der Waals surface area contributed by atoms with Gasteiger partial charge < -0.3 is 4.74 Å². The van der Waals surface area contributed by atoms with Crippen LogP contribution in [-0.2, 0) is 4.74 Å². The van der Waals surface area contributed by atoms with Gasteiger partial charge >= 0.3 is 0 Å². The minimum atomic E-state index is 1.00. The first-order chi connectivity index (χ1) is 8.88. The van der Waals surface area contributed by atoms with Gasteiger partial charge in [-0.15, -0.1) is 0 Å². The molecule has 1 nitrogen and oxygen atoms in total. The largest absolute Gasteiger partial charge is 0.496 e. The van der Waals surface area contributed by atoms with Crippen LogP contribution in [0.5, 0.6) is 0 Å². The lowest BCUT2D eigenvalue weighted by Gasteiger charge is -2.06. The van der Waals surface area contributed by atoms with Gasteiger partial charge in [0.15, 0.2) is 0 Å². The molecule has 100 valence electrons. The minimum absolute atomic E-state index is 1.00. The molecular formula is C17H26O. The molecule has 0 N–H and O–H groups in total. The second-order valence-electron chi connectivity index (χ2n) is 4.69. The zero-order valence-electron chi connectivity index (χ0n) is 11.8. The minimum Gasteiger partial charge on any atom is -0.496 e. The molecule has 1 rings (SSSR count). The summed E-state index contributed by atoms with van der Waals surface area (Å²) in [7, 11) is 1.75.